The molecule has 0 aliphatic heterocycles. The predicted molar refractivity (Wildman–Crippen MR) is 65.4 cm³/mol. The molecule has 0 aliphatic rings. The number of halogens is 2. The van der Waals surface area contributed by atoms with Gasteiger partial charge in [-0.25, -0.2) is 21.9 Å². The first-order valence-corrected chi connectivity index (χ1v) is 6.64. The van der Waals surface area contributed by atoms with Crippen molar-refractivity contribution in [3.63, 3.8) is 0 Å². The Balaban J connectivity index is 3.09. The van der Waals surface area contributed by atoms with Crippen molar-refractivity contribution in [3.05, 3.63) is 36.4 Å². The third-order valence-corrected chi connectivity index (χ3v) is 3.79. The summed E-state index contributed by atoms with van der Waals surface area (Å²) in [6.07, 6.45) is 1.96. The lowest BCUT2D eigenvalue weighted by atomic mass is 10.3. The maximum absolute atomic E-state index is 13.1. The van der Waals surface area contributed by atoms with Crippen LogP contribution in [0.15, 0.2) is 29.7 Å². The van der Waals surface area contributed by atoms with E-state index in [9.17, 15) is 17.2 Å². The van der Waals surface area contributed by atoms with Gasteiger partial charge in [0.1, 0.15) is 0 Å². The van der Waals surface area contributed by atoms with Crippen molar-refractivity contribution in [1.29, 1.82) is 0 Å². The van der Waals surface area contributed by atoms with E-state index in [1.54, 1.807) is 13.0 Å². The first-order chi connectivity index (χ1) is 8.27. The van der Waals surface area contributed by atoms with E-state index in [1.807, 2.05) is 0 Å². The summed E-state index contributed by atoms with van der Waals surface area (Å²) in [5, 5.41) is 0. The molecule has 0 aliphatic carbocycles. The Morgan fingerprint density at radius 2 is 2.11 bits per heavy atom. The van der Waals surface area contributed by atoms with Crippen LogP contribution in [-0.2, 0) is 10.0 Å². The van der Waals surface area contributed by atoms with E-state index in [1.165, 1.54) is 0 Å². The van der Waals surface area contributed by atoms with Crippen LogP contribution in [0.25, 0.3) is 0 Å². The minimum atomic E-state index is -3.93. The topological polar surface area (TPSA) is 72.2 Å². The lowest BCUT2D eigenvalue weighted by Gasteiger charge is -2.13. The summed E-state index contributed by atoms with van der Waals surface area (Å²) in [5.41, 5.74) is 4.63. The third-order valence-electron chi connectivity index (χ3n) is 2.22. The molecule has 0 bridgehead atoms. The highest BCUT2D eigenvalue weighted by Crippen LogP contribution is 2.20. The van der Waals surface area contributed by atoms with Gasteiger partial charge in [0.25, 0.3) is 0 Å². The van der Waals surface area contributed by atoms with Crippen molar-refractivity contribution in [3.8, 4) is 0 Å². The molecular weight excluding hydrogens is 262 g/mol. The molecule has 0 fully saturated rings. The summed E-state index contributed by atoms with van der Waals surface area (Å²) in [6.45, 7) is 5.11. The van der Waals surface area contributed by atoms with Gasteiger partial charge in [-0.15, -0.1) is 6.58 Å². The lowest BCUT2D eigenvalue weighted by molar-refractivity contribution is 0.507. The average Bonchev–Trinajstić information content (AvgIpc) is 2.24. The molecule has 1 aromatic rings. The molecule has 3 N–H and O–H groups in total. The van der Waals surface area contributed by atoms with E-state index in [4.69, 9.17) is 5.73 Å². The molecule has 1 atom stereocenters. The molecule has 18 heavy (non-hydrogen) atoms. The van der Waals surface area contributed by atoms with Crippen molar-refractivity contribution >= 4 is 15.7 Å². The van der Waals surface area contributed by atoms with Crippen LogP contribution in [0.3, 0.4) is 0 Å². The van der Waals surface area contributed by atoms with Crippen LogP contribution in [0, 0.1) is 11.6 Å². The van der Waals surface area contributed by atoms with E-state index in [0.717, 1.165) is 6.07 Å². The normalized spacial score (nSPS) is 13.3. The predicted octanol–water partition coefficient (Wildman–Crippen LogP) is 1.79. The van der Waals surface area contributed by atoms with Crippen molar-refractivity contribution < 1.29 is 17.2 Å². The summed E-state index contributed by atoms with van der Waals surface area (Å²) in [5.74, 6) is -2.56. The van der Waals surface area contributed by atoms with Gasteiger partial charge >= 0.3 is 0 Å². The first-order valence-electron chi connectivity index (χ1n) is 5.15. The zero-order chi connectivity index (χ0) is 13.9. The highest BCUT2D eigenvalue weighted by Gasteiger charge is 2.20. The Kier molecular flexibility index (Phi) is 4.42. The van der Waals surface area contributed by atoms with Crippen LogP contribution >= 0.6 is 0 Å². The number of hydrogen-bond donors (Lipinski definition) is 2. The fraction of sp³-hybridized carbons (Fsp3) is 0.273. The molecule has 0 spiro atoms. The number of anilines is 1. The highest BCUT2D eigenvalue weighted by atomic mass is 32.2. The summed E-state index contributed by atoms with van der Waals surface area (Å²) in [4.78, 5) is -0.408. The van der Waals surface area contributed by atoms with Crippen LogP contribution < -0.4 is 10.5 Å². The zero-order valence-electron chi connectivity index (χ0n) is 9.78. The second kappa shape index (κ2) is 5.45. The van der Waals surface area contributed by atoms with Crippen molar-refractivity contribution in [2.75, 3.05) is 5.73 Å². The Hall–Kier alpha value is -1.47. The zero-order valence-corrected chi connectivity index (χ0v) is 10.6. The fourth-order valence-electron chi connectivity index (χ4n) is 1.37. The number of rotatable bonds is 5. The molecule has 1 rings (SSSR count). The van der Waals surface area contributed by atoms with E-state index in [-0.39, 0.29) is 0 Å². The summed E-state index contributed by atoms with van der Waals surface area (Å²) in [6, 6.07) is 1.07. The van der Waals surface area contributed by atoms with Gasteiger partial charge in [-0.2, -0.15) is 0 Å². The summed E-state index contributed by atoms with van der Waals surface area (Å²) < 4.78 is 52.0. The number of benzene rings is 1. The van der Waals surface area contributed by atoms with Crippen molar-refractivity contribution in [2.45, 2.75) is 24.3 Å². The van der Waals surface area contributed by atoms with Gasteiger partial charge in [0.15, 0.2) is 11.6 Å². The largest absolute Gasteiger partial charge is 0.396 e. The molecule has 0 radical (unpaired) electrons. The van der Waals surface area contributed by atoms with E-state index >= 15 is 0 Å². The minimum Gasteiger partial charge on any atom is -0.396 e. The quantitative estimate of drug-likeness (QED) is 0.636. The van der Waals surface area contributed by atoms with Gasteiger partial charge in [-0.05, 0) is 25.5 Å². The molecule has 100 valence electrons. The Morgan fingerprint density at radius 1 is 1.50 bits per heavy atom. The standard InChI is InChI=1S/C11H14F2N2O2S/c1-3-4-7(2)15-18(16,17)8-5-9(12)11(13)10(14)6-8/h3,5-7,15H,1,4,14H2,2H3. The van der Waals surface area contributed by atoms with Gasteiger partial charge in [0, 0.05) is 6.04 Å². The molecule has 7 heteroatoms. The molecule has 0 saturated carbocycles. The molecule has 0 heterocycles. The average molecular weight is 276 g/mol. The Morgan fingerprint density at radius 3 is 2.61 bits per heavy atom. The van der Waals surface area contributed by atoms with Crippen LogP contribution in [0.4, 0.5) is 14.5 Å². The van der Waals surface area contributed by atoms with Crippen LogP contribution in [-0.4, -0.2) is 14.5 Å². The number of nitrogen functional groups attached to an aromatic ring is 1. The number of nitrogens with one attached hydrogen (secondary N) is 1. The Bertz CT molecular complexity index is 535. The van der Waals surface area contributed by atoms with Gasteiger partial charge in [0.05, 0.1) is 10.6 Å². The van der Waals surface area contributed by atoms with E-state index < -0.39 is 38.3 Å². The number of hydrogen-bond acceptors (Lipinski definition) is 3. The van der Waals surface area contributed by atoms with Crippen molar-refractivity contribution in [1.82, 2.24) is 4.72 Å². The second-order valence-electron chi connectivity index (χ2n) is 3.86. The summed E-state index contributed by atoms with van der Waals surface area (Å²) >= 11 is 0. The second-order valence-corrected chi connectivity index (χ2v) is 5.57. The van der Waals surface area contributed by atoms with Gasteiger partial charge in [0.2, 0.25) is 10.0 Å². The maximum Gasteiger partial charge on any atom is 0.241 e. The third kappa shape index (κ3) is 3.27. The van der Waals surface area contributed by atoms with Crippen LogP contribution in [0.5, 0.6) is 0 Å². The van der Waals surface area contributed by atoms with Gasteiger partial charge in [-0.3, -0.25) is 0 Å². The number of nitrogens with two attached hydrogens (primary N) is 1. The molecule has 0 saturated heterocycles. The fourth-order valence-corrected chi connectivity index (χ4v) is 2.67. The molecule has 4 nitrogen and oxygen atoms in total. The van der Waals surface area contributed by atoms with Crippen LogP contribution in [0.1, 0.15) is 13.3 Å². The molecule has 1 unspecified atom stereocenters. The lowest BCUT2D eigenvalue weighted by Crippen LogP contribution is -2.32. The van der Waals surface area contributed by atoms with Crippen LogP contribution in [0.2, 0.25) is 0 Å². The van der Waals surface area contributed by atoms with E-state index in [2.05, 4.69) is 11.3 Å². The maximum atomic E-state index is 13.1. The molecule has 0 aromatic heterocycles. The van der Waals surface area contributed by atoms with Gasteiger partial charge in [-0.1, -0.05) is 6.08 Å². The molecule has 0 amide bonds. The minimum absolute atomic E-state index is 0.401. The highest BCUT2D eigenvalue weighted by molar-refractivity contribution is 7.89. The Labute approximate surface area is 105 Å². The summed E-state index contributed by atoms with van der Waals surface area (Å²) in [7, 11) is -3.93. The van der Waals surface area contributed by atoms with Gasteiger partial charge < -0.3 is 5.73 Å². The van der Waals surface area contributed by atoms with E-state index in [0.29, 0.717) is 12.5 Å². The molecular formula is C11H14F2N2O2S. The monoisotopic (exact) mass is 276 g/mol. The number of sulfonamides is 1. The SMILES string of the molecule is C=CCC(C)NS(=O)(=O)c1cc(N)c(F)c(F)c1. The smallest absolute Gasteiger partial charge is 0.241 e. The first kappa shape index (κ1) is 14.6. The van der Waals surface area contributed by atoms with Crippen molar-refractivity contribution in [2.24, 2.45) is 0 Å². The molecule has 1 aromatic carbocycles.